The van der Waals surface area contributed by atoms with Crippen molar-refractivity contribution in [3.8, 4) is 23.5 Å². The van der Waals surface area contributed by atoms with Gasteiger partial charge in [0.15, 0.2) is 0 Å². The largest absolute Gasteiger partial charge is 0.480 e. The number of nitrogens with one attached hydrogen (secondary N) is 1. The third-order valence-electron chi connectivity index (χ3n) is 3.54. The van der Waals surface area contributed by atoms with E-state index in [4.69, 9.17) is 6.42 Å². The molecule has 2 N–H and O–H groups in total. The van der Waals surface area contributed by atoms with Crippen molar-refractivity contribution in [2.24, 2.45) is 0 Å². The topological polar surface area (TPSA) is 49.3 Å². The second-order valence-corrected chi connectivity index (χ2v) is 4.93. The molecule has 1 unspecified atom stereocenters. The highest BCUT2D eigenvalue weighted by atomic mass is 16.4. The van der Waals surface area contributed by atoms with Gasteiger partial charge >= 0.3 is 5.97 Å². The lowest BCUT2D eigenvalue weighted by Gasteiger charge is -2.26. The molecule has 3 nitrogen and oxygen atoms in total. The number of terminal acetylenes is 1. The van der Waals surface area contributed by atoms with Crippen molar-refractivity contribution in [2.75, 3.05) is 6.54 Å². The van der Waals surface area contributed by atoms with Gasteiger partial charge in [0.2, 0.25) is 0 Å². The van der Waals surface area contributed by atoms with Crippen molar-refractivity contribution < 1.29 is 9.90 Å². The normalized spacial score (nSPS) is 13.1. The number of aliphatic carboxylic acids is 1. The van der Waals surface area contributed by atoms with Crippen molar-refractivity contribution in [3.63, 3.8) is 0 Å². The van der Waals surface area contributed by atoms with Gasteiger partial charge in [-0.15, -0.1) is 6.42 Å². The summed E-state index contributed by atoms with van der Waals surface area (Å²) in [5, 5.41) is 12.4. The molecule has 0 aromatic heterocycles. The van der Waals surface area contributed by atoms with Gasteiger partial charge in [-0.2, -0.15) is 0 Å². The predicted octanol–water partition coefficient (Wildman–Crippen LogP) is 2.88. The standard InChI is InChI=1S/C18H17NO2/c1-3-13-19-18(2,17(20)21)16-11-9-15(10-12-16)14-7-5-4-6-8-14/h1,4-12,19H,13H2,2H3,(H,20,21). The Kier molecular flexibility index (Phi) is 4.42. The molecular formula is C18H17NO2. The zero-order valence-corrected chi connectivity index (χ0v) is 11.8. The van der Waals surface area contributed by atoms with Crippen molar-refractivity contribution >= 4 is 5.97 Å². The summed E-state index contributed by atoms with van der Waals surface area (Å²) >= 11 is 0. The Morgan fingerprint density at radius 3 is 2.24 bits per heavy atom. The molecule has 0 heterocycles. The summed E-state index contributed by atoms with van der Waals surface area (Å²) in [5.74, 6) is 1.46. The van der Waals surface area contributed by atoms with Crippen LogP contribution in [0.1, 0.15) is 12.5 Å². The summed E-state index contributed by atoms with van der Waals surface area (Å²) in [6, 6.07) is 17.4. The molecule has 0 aliphatic rings. The minimum atomic E-state index is -1.19. The Morgan fingerprint density at radius 2 is 1.71 bits per heavy atom. The Hall–Kier alpha value is -2.57. The zero-order valence-electron chi connectivity index (χ0n) is 11.8. The maximum absolute atomic E-state index is 11.6. The van der Waals surface area contributed by atoms with Crippen LogP contribution < -0.4 is 5.32 Å². The molecule has 0 radical (unpaired) electrons. The smallest absolute Gasteiger partial charge is 0.328 e. The Balaban J connectivity index is 2.33. The van der Waals surface area contributed by atoms with E-state index in [1.165, 1.54) is 0 Å². The molecule has 106 valence electrons. The van der Waals surface area contributed by atoms with Gasteiger partial charge in [-0.1, -0.05) is 60.5 Å². The summed E-state index contributed by atoms with van der Waals surface area (Å²) in [6.07, 6.45) is 5.21. The predicted molar refractivity (Wildman–Crippen MR) is 83.7 cm³/mol. The number of carboxylic acids is 1. The number of rotatable bonds is 5. The van der Waals surface area contributed by atoms with Gasteiger partial charge in [0.25, 0.3) is 0 Å². The Labute approximate surface area is 124 Å². The lowest BCUT2D eigenvalue weighted by Crippen LogP contribution is -2.46. The molecule has 0 aliphatic heterocycles. The zero-order chi connectivity index (χ0) is 15.3. The summed E-state index contributed by atoms with van der Waals surface area (Å²) in [7, 11) is 0. The highest BCUT2D eigenvalue weighted by Gasteiger charge is 2.34. The minimum absolute atomic E-state index is 0.198. The Bertz CT molecular complexity index is 656. The molecule has 0 amide bonds. The molecule has 0 aliphatic carbocycles. The van der Waals surface area contributed by atoms with E-state index in [1.807, 2.05) is 54.6 Å². The maximum Gasteiger partial charge on any atom is 0.328 e. The van der Waals surface area contributed by atoms with Crippen molar-refractivity contribution in [1.82, 2.24) is 5.32 Å². The van der Waals surface area contributed by atoms with Gasteiger partial charge in [0.05, 0.1) is 6.54 Å². The van der Waals surface area contributed by atoms with E-state index < -0.39 is 11.5 Å². The molecule has 0 fully saturated rings. The van der Waals surface area contributed by atoms with E-state index in [1.54, 1.807) is 6.92 Å². The molecule has 21 heavy (non-hydrogen) atoms. The molecule has 3 heteroatoms. The van der Waals surface area contributed by atoms with Crippen LogP contribution in [0.25, 0.3) is 11.1 Å². The fraction of sp³-hybridized carbons (Fsp3) is 0.167. The summed E-state index contributed by atoms with van der Waals surface area (Å²) < 4.78 is 0. The summed E-state index contributed by atoms with van der Waals surface area (Å²) in [4.78, 5) is 11.6. The van der Waals surface area contributed by atoms with Gasteiger partial charge in [0, 0.05) is 0 Å². The molecule has 0 bridgehead atoms. The van der Waals surface area contributed by atoms with E-state index in [-0.39, 0.29) is 6.54 Å². The molecule has 0 spiro atoms. The first kappa shape index (κ1) is 14.8. The molecular weight excluding hydrogens is 262 g/mol. The fourth-order valence-electron chi connectivity index (χ4n) is 2.16. The molecule has 0 saturated carbocycles. The number of benzene rings is 2. The van der Waals surface area contributed by atoms with Crippen LogP contribution in [-0.4, -0.2) is 17.6 Å². The average Bonchev–Trinajstić information content (AvgIpc) is 2.53. The van der Waals surface area contributed by atoms with E-state index >= 15 is 0 Å². The van der Waals surface area contributed by atoms with Crippen LogP contribution in [0.3, 0.4) is 0 Å². The number of carbonyl (C=O) groups is 1. The number of hydrogen-bond acceptors (Lipinski definition) is 2. The second-order valence-electron chi connectivity index (χ2n) is 4.93. The van der Waals surface area contributed by atoms with E-state index in [2.05, 4.69) is 11.2 Å². The van der Waals surface area contributed by atoms with E-state index in [0.717, 1.165) is 11.1 Å². The first-order valence-electron chi connectivity index (χ1n) is 6.66. The SMILES string of the molecule is C#CCNC(C)(C(=O)O)c1ccc(-c2ccccc2)cc1. The van der Waals surface area contributed by atoms with Gasteiger partial charge in [-0.3, -0.25) is 5.32 Å². The third kappa shape index (κ3) is 3.13. The van der Waals surface area contributed by atoms with Crippen LogP contribution in [0.4, 0.5) is 0 Å². The average molecular weight is 279 g/mol. The van der Waals surface area contributed by atoms with E-state index in [9.17, 15) is 9.90 Å². The van der Waals surface area contributed by atoms with Crippen LogP contribution in [0.5, 0.6) is 0 Å². The van der Waals surface area contributed by atoms with Gasteiger partial charge in [-0.05, 0) is 23.6 Å². The van der Waals surface area contributed by atoms with Gasteiger partial charge in [0.1, 0.15) is 5.54 Å². The first-order valence-corrected chi connectivity index (χ1v) is 6.66. The van der Waals surface area contributed by atoms with Gasteiger partial charge in [-0.25, -0.2) is 4.79 Å². The minimum Gasteiger partial charge on any atom is -0.480 e. The first-order chi connectivity index (χ1) is 10.1. The molecule has 2 aromatic rings. The third-order valence-corrected chi connectivity index (χ3v) is 3.54. The second kappa shape index (κ2) is 6.25. The van der Waals surface area contributed by atoms with Crippen molar-refractivity contribution in [1.29, 1.82) is 0 Å². The fourth-order valence-corrected chi connectivity index (χ4v) is 2.16. The quantitative estimate of drug-likeness (QED) is 0.827. The monoisotopic (exact) mass is 279 g/mol. The lowest BCUT2D eigenvalue weighted by molar-refractivity contribution is -0.144. The highest BCUT2D eigenvalue weighted by Crippen LogP contribution is 2.25. The van der Waals surface area contributed by atoms with Crippen LogP contribution in [0.15, 0.2) is 54.6 Å². The number of hydrogen-bond donors (Lipinski definition) is 2. The molecule has 1 atom stereocenters. The van der Waals surface area contributed by atoms with Crippen LogP contribution in [-0.2, 0) is 10.3 Å². The van der Waals surface area contributed by atoms with Crippen molar-refractivity contribution in [2.45, 2.75) is 12.5 Å². The number of carboxylic acid groups (broad SMARTS) is 1. The molecule has 0 saturated heterocycles. The van der Waals surface area contributed by atoms with E-state index in [0.29, 0.717) is 5.56 Å². The van der Waals surface area contributed by atoms with Crippen LogP contribution >= 0.6 is 0 Å². The lowest BCUT2D eigenvalue weighted by atomic mass is 9.90. The van der Waals surface area contributed by atoms with Gasteiger partial charge < -0.3 is 5.11 Å². The molecule has 2 aromatic carbocycles. The van der Waals surface area contributed by atoms with Crippen molar-refractivity contribution in [3.05, 3.63) is 60.2 Å². The summed E-state index contributed by atoms with van der Waals surface area (Å²) in [5.41, 5.74) is 1.62. The molecule has 2 rings (SSSR count). The highest BCUT2D eigenvalue weighted by molar-refractivity contribution is 5.80. The Morgan fingerprint density at radius 1 is 1.14 bits per heavy atom. The summed E-state index contributed by atoms with van der Waals surface area (Å²) in [6.45, 7) is 1.81. The van der Waals surface area contributed by atoms with Crippen LogP contribution in [0.2, 0.25) is 0 Å². The maximum atomic E-state index is 11.6. The van der Waals surface area contributed by atoms with Crippen LogP contribution in [0, 0.1) is 12.3 Å².